The largest absolute Gasteiger partial charge is 0.337 e. The average molecular weight is 379 g/mol. The van der Waals surface area contributed by atoms with Gasteiger partial charge in [-0.25, -0.2) is 17.2 Å². The number of piperidine rings is 1. The third kappa shape index (κ3) is 2.61. The highest BCUT2D eigenvalue weighted by Gasteiger charge is 2.48. The third-order valence-corrected chi connectivity index (χ3v) is 7.30. The van der Waals surface area contributed by atoms with E-state index in [1.165, 1.54) is 9.21 Å². The van der Waals surface area contributed by atoms with Gasteiger partial charge in [0.25, 0.3) is 10.0 Å². The Labute approximate surface area is 152 Å². The summed E-state index contributed by atoms with van der Waals surface area (Å²) < 4.78 is 55.0. The van der Waals surface area contributed by atoms with E-state index in [2.05, 4.69) is 7.05 Å². The number of halogens is 2. The van der Waals surface area contributed by atoms with Gasteiger partial charge in [0.1, 0.15) is 0 Å². The molecular formula is C19H21F2N2O2S+. The molecule has 3 atom stereocenters. The number of fused-ring (bicyclic) bond motifs is 3. The van der Waals surface area contributed by atoms with E-state index in [0.29, 0.717) is 5.69 Å². The van der Waals surface area contributed by atoms with Gasteiger partial charge in [-0.3, -0.25) is 4.31 Å². The number of likely N-dealkylation sites (tertiary alicyclic amines) is 1. The molecule has 1 unspecified atom stereocenters. The number of sulfonamides is 1. The topological polar surface area (TPSA) is 41.8 Å². The average Bonchev–Trinajstić information content (AvgIpc) is 2.91. The van der Waals surface area contributed by atoms with Crippen molar-refractivity contribution >= 4 is 15.7 Å². The van der Waals surface area contributed by atoms with Crippen LogP contribution in [0.4, 0.5) is 14.5 Å². The van der Waals surface area contributed by atoms with Crippen molar-refractivity contribution in [3.05, 3.63) is 59.2 Å². The molecule has 2 aliphatic rings. The Morgan fingerprint density at radius 1 is 1.12 bits per heavy atom. The lowest BCUT2D eigenvalue weighted by molar-refractivity contribution is -0.886. The summed E-state index contributed by atoms with van der Waals surface area (Å²) in [5.74, 6) is -2.10. The van der Waals surface area contributed by atoms with E-state index < -0.39 is 21.7 Å². The first-order chi connectivity index (χ1) is 12.3. The maximum atomic E-state index is 13.7. The van der Waals surface area contributed by atoms with Crippen LogP contribution in [0.15, 0.2) is 41.3 Å². The molecule has 7 heteroatoms. The first-order valence-electron chi connectivity index (χ1n) is 8.70. The molecule has 2 aliphatic heterocycles. The first-order valence-corrected chi connectivity index (χ1v) is 10.1. The van der Waals surface area contributed by atoms with Crippen molar-refractivity contribution in [2.75, 3.05) is 24.4 Å². The molecule has 1 saturated heterocycles. The molecule has 138 valence electrons. The molecule has 2 heterocycles. The maximum absolute atomic E-state index is 13.7. The highest BCUT2D eigenvalue weighted by molar-refractivity contribution is 7.92. The second kappa shape index (κ2) is 6.03. The van der Waals surface area contributed by atoms with Crippen molar-refractivity contribution in [3.63, 3.8) is 0 Å². The lowest BCUT2D eigenvalue weighted by atomic mass is 9.89. The van der Waals surface area contributed by atoms with E-state index in [1.54, 1.807) is 0 Å². The van der Waals surface area contributed by atoms with Gasteiger partial charge in [-0.2, -0.15) is 0 Å². The number of hydrogen-bond acceptors (Lipinski definition) is 2. The monoisotopic (exact) mass is 379 g/mol. The number of benzene rings is 2. The zero-order valence-electron chi connectivity index (χ0n) is 14.7. The SMILES string of the molecule is Cc1ccc2c(c1)[C@H]1C[NH+](C)CC[C@@H]1N2S(=O)(=O)c1ccc(F)c(F)c1. The minimum absolute atomic E-state index is 0.110. The molecule has 0 aliphatic carbocycles. The summed E-state index contributed by atoms with van der Waals surface area (Å²) in [7, 11) is -1.87. The van der Waals surface area contributed by atoms with Crippen LogP contribution >= 0.6 is 0 Å². The molecule has 0 aromatic heterocycles. The summed E-state index contributed by atoms with van der Waals surface area (Å²) in [5.41, 5.74) is 2.77. The van der Waals surface area contributed by atoms with Crippen LogP contribution in [0.1, 0.15) is 23.5 Å². The molecule has 1 fully saturated rings. The second-order valence-electron chi connectivity index (χ2n) is 7.31. The number of hydrogen-bond donors (Lipinski definition) is 1. The summed E-state index contributed by atoms with van der Waals surface area (Å²) in [6.45, 7) is 3.71. The van der Waals surface area contributed by atoms with Crippen molar-refractivity contribution in [3.8, 4) is 0 Å². The summed E-state index contributed by atoms with van der Waals surface area (Å²) in [6.07, 6.45) is 0.729. The number of likely N-dealkylation sites (N-methyl/N-ethyl adjacent to an activating group) is 1. The smallest absolute Gasteiger partial charge is 0.264 e. The lowest BCUT2D eigenvalue weighted by Crippen LogP contribution is -3.11. The lowest BCUT2D eigenvalue weighted by Gasteiger charge is -2.34. The molecule has 0 radical (unpaired) electrons. The minimum Gasteiger partial charge on any atom is -0.337 e. The normalized spacial score (nSPS) is 25.1. The molecular weight excluding hydrogens is 358 g/mol. The van der Waals surface area contributed by atoms with Crippen LogP contribution in [0.25, 0.3) is 0 Å². The minimum atomic E-state index is -3.97. The Hall–Kier alpha value is -1.99. The van der Waals surface area contributed by atoms with Crippen LogP contribution in [0, 0.1) is 18.6 Å². The highest BCUT2D eigenvalue weighted by Crippen LogP contribution is 2.45. The zero-order valence-corrected chi connectivity index (χ0v) is 15.5. The first kappa shape index (κ1) is 17.4. The van der Waals surface area contributed by atoms with Crippen molar-refractivity contribution in [2.24, 2.45) is 0 Å². The molecule has 4 nitrogen and oxygen atoms in total. The van der Waals surface area contributed by atoms with Gasteiger partial charge in [-0.1, -0.05) is 17.7 Å². The van der Waals surface area contributed by atoms with Crippen LogP contribution in [0.2, 0.25) is 0 Å². The van der Waals surface area contributed by atoms with Crippen molar-refractivity contribution in [1.82, 2.24) is 0 Å². The summed E-state index contributed by atoms with van der Waals surface area (Å²) in [4.78, 5) is 1.15. The van der Waals surface area contributed by atoms with Gasteiger partial charge in [0.15, 0.2) is 11.6 Å². The molecule has 1 N–H and O–H groups in total. The predicted molar refractivity (Wildman–Crippen MR) is 95.0 cm³/mol. The fourth-order valence-electron chi connectivity index (χ4n) is 4.22. The van der Waals surface area contributed by atoms with Gasteiger partial charge in [0.05, 0.1) is 42.7 Å². The molecule has 2 aromatic carbocycles. The van der Waals surface area contributed by atoms with Crippen LogP contribution in [-0.2, 0) is 10.0 Å². The van der Waals surface area contributed by atoms with E-state index in [0.717, 1.165) is 48.8 Å². The van der Waals surface area contributed by atoms with Crippen LogP contribution in [0.3, 0.4) is 0 Å². The van der Waals surface area contributed by atoms with Gasteiger partial charge in [0.2, 0.25) is 0 Å². The standard InChI is InChI=1S/C19H20F2N2O2S/c1-12-3-6-18-14(9-12)15-11-22(2)8-7-19(15)23(18)26(24,25)13-4-5-16(20)17(21)10-13/h3-6,9-10,15,19H,7-8,11H2,1-2H3/p+1/t15-,19+/m1/s1. The fraction of sp³-hybridized carbons (Fsp3) is 0.368. The Morgan fingerprint density at radius 3 is 2.62 bits per heavy atom. The van der Waals surface area contributed by atoms with E-state index in [9.17, 15) is 17.2 Å². The molecule has 0 amide bonds. The summed E-state index contributed by atoms with van der Waals surface area (Å²) in [6, 6.07) is 8.35. The van der Waals surface area contributed by atoms with E-state index in [1.807, 2.05) is 25.1 Å². The quantitative estimate of drug-likeness (QED) is 0.865. The van der Waals surface area contributed by atoms with Crippen molar-refractivity contribution < 1.29 is 22.1 Å². The Bertz CT molecular complexity index is 977. The molecule has 0 saturated carbocycles. The van der Waals surface area contributed by atoms with Crippen LogP contribution in [0.5, 0.6) is 0 Å². The molecule has 4 rings (SSSR count). The van der Waals surface area contributed by atoms with E-state index >= 15 is 0 Å². The van der Waals surface area contributed by atoms with Crippen molar-refractivity contribution in [2.45, 2.75) is 30.2 Å². The van der Waals surface area contributed by atoms with Gasteiger partial charge < -0.3 is 4.90 Å². The molecule has 26 heavy (non-hydrogen) atoms. The second-order valence-corrected chi connectivity index (χ2v) is 9.13. The van der Waals surface area contributed by atoms with Gasteiger partial charge in [0, 0.05) is 6.42 Å². The number of quaternary nitrogens is 1. The van der Waals surface area contributed by atoms with Crippen molar-refractivity contribution in [1.29, 1.82) is 0 Å². The number of nitrogens with one attached hydrogen (secondary N) is 1. The number of nitrogens with zero attached hydrogens (tertiary/aromatic N) is 1. The Kier molecular flexibility index (Phi) is 4.04. The summed E-state index contributed by atoms with van der Waals surface area (Å²) >= 11 is 0. The van der Waals surface area contributed by atoms with Gasteiger partial charge in [-0.05, 0) is 36.8 Å². The molecule has 0 bridgehead atoms. The third-order valence-electron chi connectivity index (χ3n) is 5.47. The Balaban J connectivity index is 1.86. The highest BCUT2D eigenvalue weighted by atomic mass is 32.2. The predicted octanol–water partition coefficient (Wildman–Crippen LogP) is 1.85. The van der Waals surface area contributed by atoms with Gasteiger partial charge >= 0.3 is 0 Å². The molecule has 2 aromatic rings. The zero-order chi connectivity index (χ0) is 18.6. The van der Waals surface area contributed by atoms with E-state index in [-0.39, 0.29) is 16.9 Å². The Morgan fingerprint density at radius 2 is 1.88 bits per heavy atom. The van der Waals surface area contributed by atoms with Gasteiger partial charge in [-0.15, -0.1) is 0 Å². The number of anilines is 1. The van der Waals surface area contributed by atoms with E-state index in [4.69, 9.17) is 0 Å². The number of rotatable bonds is 2. The van der Waals surface area contributed by atoms with Crippen LogP contribution in [-0.4, -0.2) is 34.6 Å². The summed E-state index contributed by atoms with van der Waals surface area (Å²) in [5, 5.41) is 0. The maximum Gasteiger partial charge on any atom is 0.264 e. The number of aryl methyl sites for hydroxylation is 1. The fourth-order valence-corrected chi connectivity index (χ4v) is 5.97. The molecule has 0 spiro atoms. The van der Waals surface area contributed by atoms with Crippen LogP contribution < -0.4 is 9.21 Å².